The number of aromatic carboxylic acids is 1. The number of aromatic nitrogens is 2. The van der Waals surface area contributed by atoms with E-state index < -0.39 is 11.8 Å². The van der Waals surface area contributed by atoms with Gasteiger partial charge in [-0.05, 0) is 31.4 Å². The second kappa shape index (κ2) is 3.94. The Labute approximate surface area is 103 Å². The van der Waals surface area contributed by atoms with Crippen LogP contribution in [0.25, 0.3) is 5.69 Å². The molecule has 0 saturated heterocycles. The van der Waals surface area contributed by atoms with Gasteiger partial charge in [-0.15, -0.1) is 0 Å². The van der Waals surface area contributed by atoms with Gasteiger partial charge in [0.25, 0.3) is 0 Å². The minimum atomic E-state index is -1.06. The predicted octanol–water partition coefficient (Wildman–Crippen LogP) is 2.20. The van der Waals surface area contributed by atoms with E-state index in [4.69, 9.17) is 0 Å². The first-order valence-electron chi connectivity index (χ1n) is 5.77. The van der Waals surface area contributed by atoms with Crippen LogP contribution in [0, 0.1) is 5.82 Å². The van der Waals surface area contributed by atoms with Crippen LogP contribution >= 0.6 is 0 Å². The lowest BCUT2D eigenvalue weighted by Gasteiger charge is -2.06. The number of aryl methyl sites for hydroxylation is 1. The Morgan fingerprint density at radius 2 is 2.11 bits per heavy atom. The van der Waals surface area contributed by atoms with Gasteiger partial charge in [0.1, 0.15) is 11.5 Å². The number of rotatable bonds is 2. The summed E-state index contributed by atoms with van der Waals surface area (Å²) in [6.45, 7) is 0. The highest BCUT2D eigenvalue weighted by Crippen LogP contribution is 2.27. The van der Waals surface area contributed by atoms with Gasteiger partial charge < -0.3 is 5.11 Å². The van der Waals surface area contributed by atoms with Crippen molar-refractivity contribution in [2.75, 3.05) is 0 Å². The SMILES string of the molecule is O=C(O)c1c2c(nn1-c1ccccc1F)CCC2. The molecule has 0 aliphatic heterocycles. The summed E-state index contributed by atoms with van der Waals surface area (Å²) >= 11 is 0. The second-order valence-corrected chi connectivity index (χ2v) is 4.30. The fourth-order valence-electron chi connectivity index (χ4n) is 2.41. The Morgan fingerprint density at radius 1 is 1.33 bits per heavy atom. The summed E-state index contributed by atoms with van der Waals surface area (Å²) in [7, 11) is 0. The lowest BCUT2D eigenvalue weighted by atomic mass is 10.2. The molecule has 5 heteroatoms. The summed E-state index contributed by atoms with van der Waals surface area (Å²) in [5.41, 5.74) is 1.79. The molecule has 18 heavy (non-hydrogen) atoms. The van der Waals surface area contributed by atoms with Crippen molar-refractivity contribution in [3.05, 3.63) is 47.0 Å². The van der Waals surface area contributed by atoms with Gasteiger partial charge >= 0.3 is 5.97 Å². The normalized spacial score (nSPS) is 13.6. The van der Waals surface area contributed by atoms with Gasteiger partial charge in [0.05, 0.1) is 5.69 Å². The summed E-state index contributed by atoms with van der Waals surface area (Å²) in [5, 5.41) is 13.5. The van der Waals surface area contributed by atoms with Crippen molar-refractivity contribution < 1.29 is 14.3 Å². The number of hydrogen-bond acceptors (Lipinski definition) is 2. The molecule has 1 aromatic heterocycles. The van der Waals surface area contributed by atoms with E-state index in [-0.39, 0.29) is 11.4 Å². The lowest BCUT2D eigenvalue weighted by Crippen LogP contribution is -2.11. The van der Waals surface area contributed by atoms with Crippen LogP contribution in [0.4, 0.5) is 4.39 Å². The van der Waals surface area contributed by atoms with Crippen LogP contribution < -0.4 is 0 Å². The lowest BCUT2D eigenvalue weighted by molar-refractivity contribution is 0.0685. The predicted molar refractivity (Wildman–Crippen MR) is 62.5 cm³/mol. The topological polar surface area (TPSA) is 55.1 Å². The summed E-state index contributed by atoms with van der Waals surface area (Å²) in [6.07, 6.45) is 2.37. The van der Waals surface area contributed by atoms with Crippen molar-refractivity contribution in [2.45, 2.75) is 19.3 Å². The number of halogens is 1. The monoisotopic (exact) mass is 246 g/mol. The van der Waals surface area contributed by atoms with E-state index in [2.05, 4.69) is 5.10 Å². The fraction of sp³-hybridized carbons (Fsp3) is 0.231. The number of benzene rings is 1. The molecule has 1 aromatic carbocycles. The van der Waals surface area contributed by atoms with E-state index in [1.165, 1.54) is 16.8 Å². The standard InChI is InChI=1S/C13H11FN2O2/c14-9-5-1-2-7-11(9)16-12(13(17)18)8-4-3-6-10(8)15-16/h1-2,5,7H,3-4,6H2,(H,17,18). The van der Waals surface area contributed by atoms with Gasteiger partial charge in [0.2, 0.25) is 0 Å². The zero-order valence-electron chi connectivity index (χ0n) is 9.56. The van der Waals surface area contributed by atoms with E-state index in [1.807, 2.05) is 0 Å². The fourth-order valence-corrected chi connectivity index (χ4v) is 2.41. The van der Waals surface area contributed by atoms with E-state index >= 15 is 0 Å². The van der Waals surface area contributed by atoms with Gasteiger partial charge in [-0.3, -0.25) is 0 Å². The largest absolute Gasteiger partial charge is 0.476 e. The Kier molecular flexibility index (Phi) is 2.40. The zero-order chi connectivity index (χ0) is 12.7. The molecule has 0 radical (unpaired) electrons. The Morgan fingerprint density at radius 3 is 2.83 bits per heavy atom. The molecule has 92 valence electrons. The van der Waals surface area contributed by atoms with Crippen LogP contribution in [0.2, 0.25) is 0 Å². The molecule has 0 spiro atoms. The molecule has 2 aromatic rings. The maximum atomic E-state index is 13.7. The third kappa shape index (κ3) is 1.51. The highest BCUT2D eigenvalue weighted by atomic mass is 19.1. The van der Waals surface area contributed by atoms with Crippen molar-refractivity contribution in [2.24, 2.45) is 0 Å². The molecule has 0 atom stereocenters. The Hall–Kier alpha value is -2.17. The minimum Gasteiger partial charge on any atom is -0.476 e. The number of carboxylic acids is 1. The molecule has 0 bridgehead atoms. The number of para-hydroxylation sites is 1. The Bertz CT molecular complexity index is 634. The van der Waals surface area contributed by atoms with Crippen molar-refractivity contribution >= 4 is 5.97 Å². The number of carbonyl (C=O) groups is 1. The highest BCUT2D eigenvalue weighted by molar-refractivity contribution is 5.88. The number of hydrogen-bond donors (Lipinski definition) is 1. The van der Waals surface area contributed by atoms with E-state index in [9.17, 15) is 14.3 Å². The van der Waals surface area contributed by atoms with Crippen LogP contribution in [-0.2, 0) is 12.8 Å². The average molecular weight is 246 g/mol. The summed E-state index contributed by atoms with van der Waals surface area (Å²) in [5.74, 6) is -1.53. The first-order valence-corrected chi connectivity index (χ1v) is 5.77. The van der Waals surface area contributed by atoms with Crippen LogP contribution in [0.1, 0.15) is 28.2 Å². The minimum absolute atomic E-state index is 0.0904. The molecule has 3 rings (SSSR count). The number of carboxylic acid groups (broad SMARTS) is 1. The average Bonchev–Trinajstić information content (AvgIpc) is 2.88. The van der Waals surface area contributed by atoms with E-state index in [0.717, 1.165) is 24.1 Å². The van der Waals surface area contributed by atoms with Crippen molar-refractivity contribution in [1.29, 1.82) is 0 Å². The van der Waals surface area contributed by atoms with Gasteiger partial charge in [0.15, 0.2) is 5.69 Å². The highest BCUT2D eigenvalue weighted by Gasteiger charge is 2.27. The summed E-state index contributed by atoms with van der Waals surface area (Å²) in [6, 6.07) is 6.06. The molecule has 1 N–H and O–H groups in total. The molecule has 0 fully saturated rings. The smallest absolute Gasteiger partial charge is 0.354 e. The number of fused-ring (bicyclic) bond motifs is 1. The molecule has 1 aliphatic rings. The quantitative estimate of drug-likeness (QED) is 0.883. The molecule has 1 aliphatic carbocycles. The zero-order valence-corrected chi connectivity index (χ0v) is 9.56. The molecule has 1 heterocycles. The van der Waals surface area contributed by atoms with Gasteiger partial charge in [-0.1, -0.05) is 12.1 Å². The van der Waals surface area contributed by atoms with Crippen LogP contribution in [0.15, 0.2) is 24.3 Å². The third-order valence-electron chi connectivity index (χ3n) is 3.19. The van der Waals surface area contributed by atoms with Crippen LogP contribution in [-0.4, -0.2) is 20.9 Å². The molecule has 4 nitrogen and oxygen atoms in total. The van der Waals surface area contributed by atoms with Gasteiger partial charge in [-0.25, -0.2) is 13.9 Å². The number of nitrogens with zero attached hydrogens (tertiary/aromatic N) is 2. The second-order valence-electron chi connectivity index (χ2n) is 4.30. The first kappa shape index (κ1) is 11.0. The van der Waals surface area contributed by atoms with Crippen molar-refractivity contribution in [3.63, 3.8) is 0 Å². The first-order chi connectivity index (χ1) is 8.68. The Balaban J connectivity index is 2.25. The van der Waals surface area contributed by atoms with Crippen molar-refractivity contribution in [3.8, 4) is 5.69 Å². The molecule has 0 amide bonds. The van der Waals surface area contributed by atoms with E-state index in [1.54, 1.807) is 12.1 Å². The maximum absolute atomic E-state index is 13.7. The maximum Gasteiger partial charge on any atom is 0.354 e. The summed E-state index contributed by atoms with van der Waals surface area (Å²) < 4.78 is 14.9. The molecular weight excluding hydrogens is 235 g/mol. The van der Waals surface area contributed by atoms with Crippen LogP contribution in [0.3, 0.4) is 0 Å². The summed E-state index contributed by atoms with van der Waals surface area (Å²) in [4.78, 5) is 11.3. The van der Waals surface area contributed by atoms with Crippen LogP contribution in [0.5, 0.6) is 0 Å². The van der Waals surface area contributed by atoms with E-state index in [0.29, 0.717) is 6.42 Å². The third-order valence-corrected chi connectivity index (χ3v) is 3.19. The van der Waals surface area contributed by atoms with Gasteiger partial charge in [-0.2, -0.15) is 5.10 Å². The molecule has 0 saturated carbocycles. The van der Waals surface area contributed by atoms with Crippen molar-refractivity contribution in [1.82, 2.24) is 9.78 Å². The molecular formula is C13H11FN2O2. The van der Waals surface area contributed by atoms with Gasteiger partial charge in [0, 0.05) is 5.56 Å². The molecule has 0 unspecified atom stereocenters.